The molecule has 26 heavy (non-hydrogen) atoms. The molecule has 1 aliphatic carbocycles. The number of nitrogens with zero attached hydrogens (tertiary/aromatic N) is 4. The number of hydrogen-bond acceptors (Lipinski definition) is 4. The summed E-state index contributed by atoms with van der Waals surface area (Å²) in [6, 6.07) is 1.66. The smallest absolute Gasteiger partial charge is 0.342 e. The molecule has 0 N–H and O–H groups in total. The minimum absolute atomic E-state index is 0.0309. The summed E-state index contributed by atoms with van der Waals surface area (Å²) in [6.07, 6.45) is 9.01. The van der Waals surface area contributed by atoms with E-state index in [1.807, 2.05) is 4.90 Å². The maximum atomic E-state index is 12.5. The number of piperidine rings is 2. The van der Waals surface area contributed by atoms with Crippen LogP contribution in [0.4, 0.5) is 0 Å². The van der Waals surface area contributed by atoms with Gasteiger partial charge in [0.15, 0.2) is 0 Å². The van der Waals surface area contributed by atoms with Gasteiger partial charge in [0.05, 0.1) is 0 Å². The predicted molar refractivity (Wildman–Crippen MR) is 95.3 cm³/mol. The monoisotopic (exact) mass is 358 g/mol. The van der Waals surface area contributed by atoms with E-state index in [9.17, 15) is 14.4 Å². The van der Waals surface area contributed by atoms with Gasteiger partial charge in [0.1, 0.15) is 6.54 Å². The molecule has 2 amide bonds. The lowest BCUT2D eigenvalue weighted by Crippen LogP contribution is -2.53. The zero-order chi connectivity index (χ0) is 18.1. The summed E-state index contributed by atoms with van der Waals surface area (Å²) in [5.41, 5.74) is -0.221. The molecule has 1 aromatic heterocycles. The fourth-order valence-electron chi connectivity index (χ4n) is 4.27. The first kappa shape index (κ1) is 17.2. The molecule has 0 unspecified atom stereocenters. The molecule has 4 rings (SSSR count). The molecular weight excluding hydrogens is 332 g/mol. The maximum absolute atomic E-state index is 12.5. The molecule has 2 aliphatic heterocycles. The Labute approximate surface area is 153 Å². The third-order valence-electron chi connectivity index (χ3n) is 6.19. The van der Waals surface area contributed by atoms with Crippen LogP contribution in [0.5, 0.6) is 0 Å². The third-order valence-corrected chi connectivity index (χ3v) is 6.19. The minimum Gasteiger partial charge on any atom is -0.342 e. The Hall–Kier alpha value is -2.18. The Morgan fingerprint density at radius 2 is 1.96 bits per heavy atom. The maximum Gasteiger partial charge on any atom is 0.347 e. The molecule has 7 nitrogen and oxygen atoms in total. The van der Waals surface area contributed by atoms with Crippen molar-refractivity contribution in [1.29, 1.82) is 0 Å². The lowest BCUT2D eigenvalue weighted by molar-refractivity contribution is -0.143. The number of amides is 2. The highest BCUT2D eigenvalue weighted by Crippen LogP contribution is 2.41. The fraction of sp³-hybridized carbons (Fsp3) is 0.684. The Balaban J connectivity index is 1.34. The summed E-state index contributed by atoms with van der Waals surface area (Å²) >= 11 is 0. The predicted octanol–water partition coefficient (Wildman–Crippen LogP) is 0.885. The van der Waals surface area contributed by atoms with E-state index in [2.05, 4.69) is 9.88 Å². The van der Waals surface area contributed by atoms with Crippen molar-refractivity contribution in [3.05, 3.63) is 28.9 Å². The average Bonchev–Trinajstić information content (AvgIpc) is 3.45. The topological polar surface area (TPSA) is 75.5 Å². The highest BCUT2D eigenvalue weighted by Gasteiger charge is 2.42. The fourth-order valence-corrected chi connectivity index (χ4v) is 4.27. The second-order valence-corrected chi connectivity index (χ2v) is 8.13. The molecule has 1 saturated carbocycles. The molecule has 140 valence electrons. The van der Waals surface area contributed by atoms with Gasteiger partial charge in [0, 0.05) is 45.0 Å². The summed E-state index contributed by atoms with van der Waals surface area (Å²) in [5, 5.41) is 0. The van der Waals surface area contributed by atoms with E-state index in [1.54, 1.807) is 12.3 Å². The van der Waals surface area contributed by atoms with Crippen LogP contribution in [-0.2, 0) is 16.1 Å². The van der Waals surface area contributed by atoms with E-state index in [0.29, 0.717) is 31.3 Å². The highest BCUT2D eigenvalue weighted by atomic mass is 16.2. The Kier molecular flexibility index (Phi) is 4.54. The van der Waals surface area contributed by atoms with Crippen LogP contribution < -0.4 is 5.69 Å². The molecule has 0 bridgehead atoms. The molecular formula is C19H26N4O3. The van der Waals surface area contributed by atoms with Crippen LogP contribution in [0, 0.1) is 11.3 Å². The Bertz CT molecular complexity index is 747. The van der Waals surface area contributed by atoms with Crippen molar-refractivity contribution in [2.75, 3.05) is 26.2 Å². The van der Waals surface area contributed by atoms with Gasteiger partial charge < -0.3 is 9.80 Å². The lowest BCUT2D eigenvalue weighted by atomic mass is 9.72. The summed E-state index contributed by atoms with van der Waals surface area (Å²) in [4.78, 5) is 44.1. The number of carbonyl (C=O) groups excluding carboxylic acids is 2. The van der Waals surface area contributed by atoms with Gasteiger partial charge in [-0.15, -0.1) is 0 Å². The van der Waals surface area contributed by atoms with Crippen LogP contribution in [-0.4, -0.2) is 57.3 Å². The molecule has 2 saturated heterocycles. The molecule has 0 atom stereocenters. The van der Waals surface area contributed by atoms with Crippen LogP contribution in [0.3, 0.4) is 0 Å². The second kappa shape index (κ2) is 6.85. The van der Waals surface area contributed by atoms with Crippen molar-refractivity contribution in [3.8, 4) is 0 Å². The molecule has 7 heteroatoms. The molecule has 0 aromatic carbocycles. The van der Waals surface area contributed by atoms with Gasteiger partial charge in [-0.05, 0) is 49.5 Å². The first-order chi connectivity index (χ1) is 12.5. The van der Waals surface area contributed by atoms with Crippen LogP contribution in [0.15, 0.2) is 23.3 Å². The summed E-state index contributed by atoms with van der Waals surface area (Å²) in [5.74, 6) is 0.988. The molecule has 3 aliphatic rings. The van der Waals surface area contributed by atoms with Crippen molar-refractivity contribution < 1.29 is 9.59 Å². The lowest BCUT2D eigenvalue weighted by Gasteiger charge is -2.47. The van der Waals surface area contributed by atoms with Crippen molar-refractivity contribution >= 4 is 11.8 Å². The minimum atomic E-state index is -0.393. The standard InChI is InChI=1S/C19H26N4O3/c24-16-4-5-19(14-23(16)12-15-2-3-15)6-10-21(11-7-19)17(25)13-22-9-1-8-20-18(22)26/h1,8-9,15H,2-7,10-14H2. The SMILES string of the molecule is O=C(Cn1cccnc1=O)N1CCC2(CCC(=O)N(CC3CC3)C2)CC1. The summed E-state index contributed by atoms with van der Waals surface area (Å²) in [7, 11) is 0. The van der Waals surface area contributed by atoms with E-state index < -0.39 is 5.69 Å². The Morgan fingerprint density at radius 3 is 2.65 bits per heavy atom. The number of carbonyl (C=O) groups is 2. The molecule has 3 heterocycles. The quantitative estimate of drug-likeness (QED) is 0.801. The zero-order valence-electron chi connectivity index (χ0n) is 15.1. The number of aromatic nitrogens is 2. The molecule has 0 radical (unpaired) electrons. The van der Waals surface area contributed by atoms with Crippen molar-refractivity contribution in [3.63, 3.8) is 0 Å². The van der Waals surface area contributed by atoms with Crippen LogP contribution in [0.1, 0.15) is 38.5 Å². The first-order valence-electron chi connectivity index (χ1n) is 9.62. The largest absolute Gasteiger partial charge is 0.347 e. The summed E-state index contributed by atoms with van der Waals surface area (Å²) < 4.78 is 1.35. The van der Waals surface area contributed by atoms with Crippen molar-refractivity contribution in [2.24, 2.45) is 11.3 Å². The average molecular weight is 358 g/mol. The van der Waals surface area contributed by atoms with Crippen LogP contribution in [0.2, 0.25) is 0 Å². The number of likely N-dealkylation sites (tertiary alicyclic amines) is 2. The number of hydrogen-bond donors (Lipinski definition) is 0. The third kappa shape index (κ3) is 3.66. The van der Waals surface area contributed by atoms with E-state index in [-0.39, 0.29) is 17.9 Å². The zero-order valence-corrected chi connectivity index (χ0v) is 15.1. The second-order valence-electron chi connectivity index (χ2n) is 8.13. The van der Waals surface area contributed by atoms with Gasteiger partial charge in [0.2, 0.25) is 11.8 Å². The van der Waals surface area contributed by atoms with E-state index in [4.69, 9.17) is 0 Å². The molecule has 3 fully saturated rings. The van der Waals surface area contributed by atoms with Gasteiger partial charge in [-0.1, -0.05) is 0 Å². The normalized spacial score (nSPS) is 22.7. The van der Waals surface area contributed by atoms with E-state index in [1.165, 1.54) is 23.6 Å². The van der Waals surface area contributed by atoms with Gasteiger partial charge in [-0.3, -0.25) is 14.2 Å². The van der Waals surface area contributed by atoms with E-state index in [0.717, 1.165) is 32.4 Å². The summed E-state index contributed by atoms with van der Waals surface area (Å²) in [6.45, 7) is 3.24. The van der Waals surface area contributed by atoms with Crippen LogP contribution in [0.25, 0.3) is 0 Å². The van der Waals surface area contributed by atoms with Crippen molar-refractivity contribution in [1.82, 2.24) is 19.4 Å². The molecule has 1 aromatic rings. The Morgan fingerprint density at radius 1 is 1.19 bits per heavy atom. The number of rotatable bonds is 4. The highest BCUT2D eigenvalue weighted by molar-refractivity contribution is 5.77. The van der Waals surface area contributed by atoms with Crippen molar-refractivity contribution in [2.45, 2.75) is 45.1 Å². The van der Waals surface area contributed by atoms with E-state index >= 15 is 0 Å². The van der Waals surface area contributed by atoms with Gasteiger partial charge >= 0.3 is 5.69 Å². The van der Waals surface area contributed by atoms with Gasteiger partial charge in [-0.25, -0.2) is 9.78 Å². The van der Waals surface area contributed by atoms with Crippen LogP contribution >= 0.6 is 0 Å². The molecule has 1 spiro atoms. The van der Waals surface area contributed by atoms with Gasteiger partial charge in [0.25, 0.3) is 0 Å². The van der Waals surface area contributed by atoms with Gasteiger partial charge in [-0.2, -0.15) is 0 Å². The first-order valence-corrected chi connectivity index (χ1v) is 9.62.